The lowest BCUT2D eigenvalue weighted by atomic mass is 10.2. The lowest BCUT2D eigenvalue weighted by molar-refractivity contribution is 0.0961. The van der Waals surface area contributed by atoms with Crippen molar-refractivity contribution >= 4 is 10.0 Å². The van der Waals surface area contributed by atoms with Gasteiger partial charge in [0, 0.05) is 6.54 Å². The molecule has 0 aliphatic rings. The first kappa shape index (κ1) is 15.0. The van der Waals surface area contributed by atoms with Crippen molar-refractivity contribution in [2.75, 3.05) is 26.4 Å². The molecule has 0 bridgehead atoms. The Balaban J connectivity index is 2.66. The molecule has 0 heterocycles. The fourth-order valence-electron chi connectivity index (χ4n) is 1.31. The van der Waals surface area contributed by atoms with Crippen LogP contribution in [0, 0.1) is 12.7 Å². The van der Waals surface area contributed by atoms with E-state index in [1.807, 2.05) is 0 Å². The molecule has 0 spiro atoms. The number of hydrogen-bond donors (Lipinski definition) is 2. The molecule has 0 unspecified atom stereocenters. The summed E-state index contributed by atoms with van der Waals surface area (Å²) in [5.41, 5.74) is 0.660. The summed E-state index contributed by atoms with van der Waals surface area (Å²) in [6, 6.07) is 3.89. The average Bonchev–Trinajstić information content (AvgIpc) is 2.32. The van der Waals surface area contributed by atoms with Crippen molar-refractivity contribution in [1.29, 1.82) is 0 Å². The average molecular weight is 277 g/mol. The summed E-state index contributed by atoms with van der Waals surface area (Å²) in [6.45, 7) is 1.84. The zero-order valence-corrected chi connectivity index (χ0v) is 10.8. The normalized spacial score (nSPS) is 11.7. The van der Waals surface area contributed by atoms with Crippen molar-refractivity contribution in [1.82, 2.24) is 4.72 Å². The molecule has 1 aromatic carbocycles. The van der Waals surface area contributed by atoms with Crippen LogP contribution < -0.4 is 4.72 Å². The second-order valence-electron chi connectivity index (χ2n) is 3.67. The van der Waals surface area contributed by atoms with E-state index in [4.69, 9.17) is 9.84 Å². The summed E-state index contributed by atoms with van der Waals surface area (Å²) in [4.78, 5) is -0.371. The van der Waals surface area contributed by atoms with Crippen LogP contribution in [-0.2, 0) is 14.8 Å². The topological polar surface area (TPSA) is 75.6 Å². The minimum Gasteiger partial charge on any atom is -0.394 e. The van der Waals surface area contributed by atoms with E-state index in [1.165, 1.54) is 12.1 Å². The first-order valence-corrected chi connectivity index (χ1v) is 6.90. The number of halogens is 1. The van der Waals surface area contributed by atoms with Crippen LogP contribution in [0.4, 0.5) is 4.39 Å². The van der Waals surface area contributed by atoms with Crippen molar-refractivity contribution in [3.8, 4) is 0 Å². The SMILES string of the molecule is Cc1ccc(F)c(S(=O)(=O)NCCOCCO)c1. The van der Waals surface area contributed by atoms with Crippen LogP contribution in [0.3, 0.4) is 0 Å². The molecular formula is C11H16FNO4S. The molecule has 18 heavy (non-hydrogen) atoms. The van der Waals surface area contributed by atoms with Crippen LogP contribution in [0.5, 0.6) is 0 Å². The lowest BCUT2D eigenvalue weighted by Crippen LogP contribution is -2.28. The number of hydrogen-bond acceptors (Lipinski definition) is 4. The smallest absolute Gasteiger partial charge is 0.243 e. The molecule has 2 N–H and O–H groups in total. The molecule has 0 atom stereocenters. The maximum atomic E-state index is 13.4. The number of nitrogens with one attached hydrogen (secondary N) is 1. The van der Waals surface area contributed by atoms with Crippen molar-refractivity contribution in [3.05, 3.63) is 29.6 Å². The van der Waals surface area contributed by atoms with Gasteiger partial charge in [-0.05, 0) is 24.6 Å². The van der Waals surface area contributed by atoms with Crippen molar-refractivity contribution in [2.45, 2.75) is 11.8 Å². The van der Waals surface area contributed by atoms with Crippen LogP contribution in [0.25, 0.3) is 0 Å². The Morgan fingerprint density at radius 3 is 2.78 bits per heavy atom. The summed E-state index contributed by atoms with van der Waals surface area (Å²) < 4.78 is 44.1. The van der Waals surface area contributed by atoms with E-state index in [1.54, 1.807) is 6.92 Å². The summed E-state index contributed by atoms with van der Waals surface area (Å²) in [6.07, 6.45) is 0. The first-order chi connectivity index (χ1) is 8.47. The molecule has 0 saturated heterocycles. The number of benzene rings is 1. The van der Waals surface area contributed by atoms with Gasteiger partial charge < -0.3 is 9.84 Å². The van der Waals surface area contributed by atoms with Gasteiger partial charge in [-0.1, -0.05) is 6.07 Å². The molecule has 0 amide bonds. The molecular weight excluding hydrogens is 261 g/mol. The summed E-state index contributed by atoms with van der Waals surface area (Å²) >= 11 is 0. The van der Waals surface area contributed by atoms with Gasteiger partial charge in [0.05, 0.1) is 19.8 Å². The van der Waals surface area contributed by atoms with E-state index in [-0.39, 0.29) is 31.3 Å². The number of aliphatic hydroxyl groups is 1. The third kappa shape index (κ3) is 4.34. The Morgan fingerprint density at radius 2 is 2.11 bits per heavy atom. The number of rotatable bonds is 7. The van der Waals surface area contributed by atoms with Gasteiger partial charge in [-0.15, -0.1) is 0 Å². The van der Waals surface area contributed by atoms with E-state index >= 15 is 0 Å². The molecule has 0 aliphatic heterocycles. The Hall–Kier alpha value is -1.02. The van der Waals surface area contributed by atoms with Gasteiger partial charge in [0.1, 0.15) is 10.7 Å². The molecule has 7 heteroatoms. The Bertz CT molecular complexity index is 490. The van der Waals surface area contributed by atoms with Crippen LogP contribution in [-0.4, -0.2) is 39.9 Å². The molecule has 0 aliphatic carbocycles. The third-order valence-electron chi connectivity index (χ3n) is 2.15. The number of sulfonamides is 1. The summed E-state index contributed by atoms with van der Waals surface area (Å²) in [5.74, 6) is -0.788. The Labute approximate surface area is 106 Å². The number of aliphatic hydroxyl groups excluding tert-OH is 1. The van der Waals surface area contributed by atoms with Crippen molar-refractivity contribution < 1.29 is 22.7 Å². The van der Waals surface area contributed by atoms with E-state index in [0.29, 0.717) is 5.56 Å². The summed E-state index contributed by atoms with van der Waals surface area (Å²) in [5, 5.41) is 8.46. The van der Waals surface area contributed by atoms with Crippen LogP contribution in [0.15, 0.2) is 23.1 Å². The van der Waals surface area contributed by atoms with Crippen LogP contribution in [0.2, 0.25) is 0 Å². The maximum Gasteiger partial charge on any atom is 0.243 e. The van der Waals surface area contributed by atoms with Gasteiger partial charge in [0.2, 0.25) is 10.0 Å². The van der Waals surface area contributed by atoms with Gasteiger partial charge in [-0.25, -0.2) is 17.5 Å². The minimum absolute atomic E-state index is 0.0235. The van der Waals surface area contributed by atoms with Crippen molar-refractivity contribution in [3.63, 3.8) is 0 Å². The second-order valence-corrected chi connectivity index (χ2v) is 5.40. The van der Waals surface area contributed by atoms with Gasteiger partial charge in [0.25, 0.3) is 0 Å². The fourth-order valence-corrected chi connectivity index (χ4v) is 2.48. The zero-order chi connectivity index (χ0) is 13.6. The van der Waals surface area contributed by atoms with Gasteiger partial charge in [-0.2, -0.15) is 0 Å². The quantitative estimate of drug-likeness (QED) is 0.708. The predicted molar refractivity (Wildman–Crippen MR) is 64.2 cm³/mol. The monoisotopic (exact) mass is 277 g/mol. The maximum absolute atomic E-state index is 13.4. The van der Waals surface area contributed by atoms with Gasteiger partial charge in [-0.3, -0.25) is 0 Å². The van der Waals surface area contributed by atoms with Gasteiger partial charge in [0.15, 0.2) is 0 Å². The summed E-state index contributed by atoms with van der Waals surface area (Å²) in [7, 11) is -3.87. The van der Waals surface area contributed by atoms with Crippen LogP contribution >= 0.6 is 0 Å². The number of aryl methyl sites for hydroxylation is 1. The van der Waals surface area contributed by atoms with Crippen LogP contribution in [0.1, 0.15) is 5.56 Å². The highest BCUT2D eigenvalue weighted by molar-refractivity contribution is 7.89. The fraction of sp³-hybridized carbons (Fsp3) is 0.455. The molecule has 1 aromatic rings. The molecule has 0 fully saturated rings. The van der Waals surface area contributed by atoms with E-state index in [0.717, 1.165) is 6.07 Å². The molecule has 102 valence electrons. The van der Waals surface area contributed by atoms with Crippen molar-refractivity contribution in [2.24, 2.45) is 0 Å². The molecule has 0 aromatic heterocycles. The van der Waals surface area contributed by atoms with Gasteiger partial charge >= 0.3 is 0 Å². The minimum atomic E-state index is -3.87. The molecule has 0 saturated carbocycles. The molecule has 5 nitrogen and oxygen atoms in total. The first-order valence-electron chi connectivity index (χ1n) is 5.42. The zero-order valence-electron chi connectivity index (χ0n) is 10.0. The largest absolute Gasteiger partial charge is 0.394 e. The predicted octanol–water partition coefficient (Wildman–Crippen LogP) is 0.421. The van der Waals surface area contributed by atoms with E-state index in [2.05, 4.69) is 4.72 Å². The second kappa shape index (κ2) is 6.79. The van der Waals surface area contributed by atoms with E-state index < -0.39 is 15.8 Å². The highest BCUT2D eigenvalue weighted by Crippen LogP contribution is 2.15. The highest BCUT2D eigenvalue weighted by atomic mass is 32.2. The molecule has 0 radical (unpaired) electrons. The standard InChI is InChI=1S/C11H16FNO4S/c1-9-2-3-10(12)11(8-9)18(15,16)13-4-6-17-7-5-14/h2-3,8,13-14H,4-7H2,1H3. The molecule has 1 rings (SSSR count). The number of ether oxygens (including phenoxy) is 1. The lowest BCUT2D eigenvalue weighted by Gasteiger charge is -2.08. The highest BCUT2D eigenvalue weighted by Gasteiger charge is 2.18. The Kier molecular flexibility index (Phi) is 5.67. The Morgan fingerprint density at radius 1 is 1.39 bits per heavy atom. The van der Waals surface area contributed by atoms with E-state index in [9.17, 15) is 12.8 Å². The third-order valence-corrected chi connectivity index (χ3v) is 3.63.